The van der Waals surface area contributed by atoms with Gasteiger partial charge in [-0.3, -0.25) is 0 Å². The molecule has 0 fully saturated rings. The summed E-state index contributed by atoms with van der Waals surface area (Å²) in [7, 11) is 0. The van der Waals surface area contributed by atoms with E-state index in [9.17, 15) is 5.48 Å². The summed E-state index contributed by atoms with van der Waals surface area (Å²) in [6.45, 7) is 4.48. The average molecular weight is 733 g/mol. The second-order valence-electron chi connectivity index (χ2n) is 15.5. The Morgan fingerprint density at radius 1 is 0.439 bits per heavy atom. The normalized spacial score (nSPS) is 13.9. The second-order valence-corrected chi connectivity index (χ2v) is 15.5. The van der Waals surface area contributed by atoms with E-state index < -0.39 is 0 Å². The molecule has 2 heteroatoms. The van der Waals surface area contributed by atoms with E-state index in [1.54, 1.807) is 0 Å². The standard InChI is InChI=1S/C55H40N2/c1-55(2)50-21-11-8-19-46(50)47-32-31-44(36-51(47)55)56(52-22-12-9-18-45(52)39-15-4-3-5-16-39)42-28-24-38(25-29-42)41-27-33-54-49(35-41)48-20-10-13-23-53(48)57(54)43-30-26-37-14-6-7-17-40(37)34-43/h3-36H,1-2H3/i24D,25D,28D,29D. The van der Waals surface area contributed by atoms with Crippen molar-refractivity contribution in [1.82, 2.24) is 4.57 Å². The van der Waals surface area contributed by atoms with Crippen LogP contribution < -0.4 is 4.90 Å². The molecule has 9 aromatic carbocycles. The summed E-state index contributed by atoms with van der Waals surface area (Å²) < 4.78 is 41.2. The molecule has 10 aromatic rings. The zero-order valence-electron chi connectivity index (χ0n) is 35.7. The summed E-state index contributed by atoms with van der Waals surface area (Å²) in [6.07, 6.45) is 0. The number of hydrogen-bond donors (Lipinski definition) is 0. The lowest BCUT2D eigenvalue weighted by atomic mass is 9.82. The predicted octanol–water partition coefficient (Wildman–Crippen LogP) is 15.0. The Balaban J connectivity index is 1.11. The SMILES string of the molecule is [2H]c1c([2H])c(N(c2ccc3c(c2)C(C)(C)c2ccccc2-3)c2ccccc2-c2ccccc2)c([2H])c([2H])c1-c1ccc2c(c1)c1ccccc1n2-c1ccc2ccccc2c1. The van der Waals surface area contributed by atoms with Crippen LogP contribution in [0.2, 0.25) is 0 Å². The van der Waals surface area contributed by atoms with Crippen molar-refractivity contribution in [3.05, 3.63) is 217 Å². The summed E-state index contributed by atoms with van der Waals surface area (Å²) in [5, 5.41) is 4.35. The molecule has 0 bridgehead atoms. The van der Waals surface area contributed by atoms with E-state index in [1.165, 1.54) is 16.5 Å². The van der Waals surface area contributed by atoms with Crippen LogP contribution >= 0.6 is 0 Å². The zero-order chi connectivity index (χ0) is 41.6. The van der Waals surface area contributed by atoms with E-state index in [2.05, 4.69) is 134 Å². The van der Waals surface area contributed by atoms with Crippen LogP contribution in [0.4, 0.5) is 17.1 Å². The van der Waals surface area contributed by atoms with E-state index in [4.69, 9.17) is 0 Å². The Morgan fingerprint density at radius 3 is 1.98 bits per heavy atom. The highest BCUT2D eigenvalue weighted by Crippen LogP contribution is 2.51. The average Bonchev–Trinajstić information content (AvgIpc) is 3.75. The van der Waals surface area contributed by atoms with Crippen LogP contribution in [0.15, 0.2) is 206 Å². The van der Waals surface area contributed by atoms with Crippen LogP contribution in [-0.2, 0) is 5.41 Å². The Labute approximate surface area is 339 Å². The number of nitrogens with zero attached hydrogens (tertiary/aromatic N) is 2. The van der Waals surface area contributed by atoms with E-state index in [1.807, 2.05) is 71.6 Å². The molecule has 0 amide bonds. The molecule has 0 radical (unpaired) electrons. The highest BCUT2D eigenvalue weighted by Gasteiger charge is 2.36. The minimum absolute atomic E-state index is 0.0929. The highest BCUT2D eigenvalue weighted by atomic mass is 15.1. The monoisotopic (exact) mass is 732 g/mol. The maximum atomic E-state index is 9.80. The predicted molar refractivity (Wildman–Crippen MR) is 241 cm³/mol. The van der Waals surface area contributed by atoms with Gasteiger partial charge in [0, 0.05) is 38.8 Å². The molecule has 1 aromatic heterocycles. The molecule has 0 unspecified atom stereocenters. The van der Waals surface area contributed by atoms with Crippen molar-refractivity contribution in [2.45, 2.75) is 19.3 Å². The van der Waals surface area contributed by atoms with Crippen molar-refractivity contribution in [3.8, 4) is 39.1 Å². The van der Waals surface area contributed by atoms with E-state index in [-0.39, 0.29) is 40.8 Å². The number of rotatable bonds is 6. The fourth-order valence-corrected chi connectivity index (χ4v) is 9.03. The molecular weight excluding hydrogens is 689 g/mol. The minimum Gasteiger partial charge on any atom is -0.310 e. The van der Waals surface area contributed by atoms with Gasteiger partial charge in [-0.15, -0.1) is 0 Å². The van der Waals surface area contributed by atoms with Gasteiger partial charge in [-0.25, -0.2) is 0 Å². The van der Waals surface area contributed by atoms with Crippen LogP contribution in [-0.4, -0.2) is 4.57 Å². The Hall–Kier alpha value is -7.16. The van der Waals surface area contributed by atoms with Gasteiger partial charge in [0.05, 0.1) is 22.2 Å². The van der Waals surface area contributed by atoms with E-state index >= 15 is 0 Å². The third-order valence-electron chi connectivity index (χ3n) is 11.8. The molecule has 0 atom stereocenters. The van der Waals surface area contributed by atoms with Crippen molar-refractivity contribution >= 4 is 49.6 Å². The molecule has 0 aliphatic heterocycles. The number of anilines is 3. The molecule has 0 saturated carbocycles. The third-order valence-corrected chi connectivity index (χ3v) is 11.8. The molecule has 0 saturated heterocycles. The summed E-state index contributed by atoms with van der Waals surface area (Å²) in [5.74, 6) is 0. The van der Waals surface area contributed by atoms with Crippen LogP contribution in [0.3, 0.4) is 0 Å². The second kappa shape index (κ2) is 13.0. The van der Waals surface area contributed by atoms with E-state index in [0.717, 1.165) is 66.5 Å². The van der Waals surface area contributed by atoms with Gasteiger partial charge < -0.3 is 9.47 Å². The summed E-state index contributed by atoms with van der Waals surface area (Å²) in [5.41, 5.74) is 12.1. The van der Waals surface area contributed by atoms with Crippen LogP contribution in [0.25, 0.3) is 71.6 Å². The first kappa shape index (κ1) is 29.2. The van der Waals surface area contributed by atoms with Crippen molar-refractivity contribution in [1.29, 1.82) is 0 Å². The Morgan fingerprint density at radius 2 is 1.12 bits per heavy atom. The molecule has 1 aliphatic carbocycles. The van der Waals surface area contributed by atoms with Gasteiger partial charge in [-0.1, -0.05) is 159 Å². The Kier molecular flexibility index (Phi) is 6.64. The molecule has 1 aliphatic rings. The number of fused-ring (bicyclic) bond motifs is 7. The van der Waals surface area contributed by atoms with Gasteiger partial charge in [0.25, 0.3) is 0 Å². The molecule has 0 N–H and O–H groups in total. The van der Waals surface area contributed by atoms with Crippen LogP contribution in [0.1, 0.15) is 30.5 Å². The van der Waals surface area contributed by atoms with Crippen LogP contribution in [0.5, 0.6) is 0 Å². The number of para-hydroxylation sites is 2. The lowest BCUT2D eigenvalue weighted by Gasteiger charge is -2.30. The van der Waals surface area contributed by atoms with Crippen molar-refractivity contribution in [2.24, 2.45) is 0 Å². The van der Waals surface area contributed by atoms with Gasteiger partial charge in [-0.05, 0) is 110 Å². The number of benzene rings is 9. The van der Waals surface area contributed by atoms with Gasteiger partial charge in [-0.2, -0.15) is 0 Å². The molecule has 2 nitrogen and oxygen atoms in total. The van der Waals surface area contributed by atoms with Gasteiger partial charge in [0.2, 0.25) is 0 Å². The summed E-state index contributed by atoms with van der Waals surface area (Å²) in [4.78, 5) is 1.94. The summed E-state index contributed by atoms with van der Waals surface area (Å²) in [6, 6.07) is 61.8. The highest BCUT2D eigenvalue weighted by molar-refractivity contribution is 6.10. The summed E-state index contributed by atoms with van der Waals surface area (Å²) >= 11 is 0. The fraction of sp³-hybridized carbons (Fsp3) is 0.0545. The zero-order valence-corrected chi connectivity index (χ0v) is 31.7. The molecule has 57 heavy (non-hydrogen) atoms. The first-order valence-corrected chi connectivity index (χ1v) is 19.5. The third kappa shape index (κ3) is 5.33. The van der Waals surface area contributed by atoms with Gasteiger partial charge >= 0.3 is 0 Å². The van der Waals surface area contributed by atoms with E-state index in [0.29, 0.717) is 5.56 Å². The quantitative estimate of drug-likeness (QED) is 0.165. The van der Waals surface area contributed by atoms with Gasteiger partial charge in [0.15, 0.2) is 0 Å². The molecule has 0 spiro atoms. The molecule has 1 heterocycles. The smallest absolute Gasteiger partial charge is 0.0645 e. The minimum atomic E-state index is -0.290. The number of hydrogen-bond acceptors (Lipinski definition) is 1. The van der Waals surface area contributed by atoms with Crippen LogP contribution in [0, 0.1) is 0 Å². The number of aromatic nitrogens is 1. The lowest BCUT2D eigenvalue weighted by Crippen LogP contribution is -2.16. The fourth-order valence-electron chi connectivity index (χ4n) is 9.03. The first-order chi connectivity index (χ1) is 29.7. The maximum Gasteiger partial charge on any atom is 0.0645 e. The Bertz CT molecular complexity index is 3370. The molecule has 11 rings (SSSR count). The van der Waals surface area contributed by atoms with Crippen molar-refractivity contribution < 1.29 is 5.48 Å². The van der Waals surface area contributed by atoms with Crippen molar-refractivity contribution in [2.75, 3.05) is 4.90 Å². The molecular formula is C55H40N2. The molecule has 270 valence electrons. The largest absolute Gasteiger partial charge is 0.310 e. The van der Waals surface area contributed by atoms with Crippen molar-refractivity contribution in [3.63, 3.8) is 0 Å². The first-order valence-electron chi connectivity index (χ1n) is 21.5. The lowest BCUT2D eigenvalue weighted by molar-refractivity contribution is 0.660. The van der Waals surface area contributed by atoms with Gasteiger partial charge in [0.1, 0.15) is 0 Å². The topological polar surface area (TPSA) is 8.17 Å². The maximum absolute atomic E-state index is 9.80.